The summed E-state index contributed by atoms with van der Waals surface area (Å²) < 4.78 is 83.3. The number of ether oxygens (including phenoxy) is 1. The number of hydrogen-bond donors (Lipinski definition) is 1. The molecule has 0 atom stereocenters. The van der Waals surface area contributed by atoms with Gasteiger partial charge in [0.15, 0.2) is 0 Å². The van der Waals surface area contributed by atoms with E-state index in [1.807, 2.05) is 0 Å². The maximum Gasteiger partial charge on any atom is 0.430 e. The highest BCUT2D eigenvalue weighted by molar-refractivity contribution is 5.81. The minimum atomic E-state index is -5.96. The molecule has 2 aromatic rings. The summed E-state index contributed by atoms with van der Waals surface area (Å²) in [5, 5.41) is 9.50. The number of carbonyl (C=O) groups excluding carboxylic acids is 1. The van der Waals surface area contributed by atoms with Crippen LogP contribution in [-0.4, -0.2) is 30.9 Å². The third-order valence-corrected chi connectivity index (χ3v) is 4.12. The fourth-order valence-electron chi connectivity index (χ4n) is 2.68. The Morgan fingerprint density at radius 3 is 1.93 bits per heavy atom. The van der Waals surface area contributed by atoms with Gasteiger partial charge in [0.05, 0.1) is 7.11 Å². The second-order valence-corrected chi connectivity index (χ2v) is 5.81. The van der Waals surface area contributed by atoms with Crippen LogP contribution in [0.2, 0.25) is 0 Å². The Kier molecular flexibility index (Phi) is 5.29. The number of hydrogen-bond acceptors (Lipinski definition) is 3. The standard InChI is InChI=1S/C18H14F6O3/c1-10-7-12(16(26,17(19,20)21)18(22,23)24)4-6-13(10)14-5-3-11(9-25)8-15(14)27-2/h3-9,26H,1-2H3. The molecule has 9 heteroatoms. The lowest BCUT2D eigenvalue weighted by Gasteiger charge is -2.33. The molecule has 1 N–H and O–H groups in total. The van der Waals surface area contributed by atoms with Gasteiger partial charge in [-0.05, 0) is 30.2 Å². The van der Waals surface area contributed by atoms with E-state index in [4.69, 9.17) is 4.74 Å². The third-order valence-electron chi connectivity index (χ3n) is 4.12. The number of carbonyl (C=O) groups is 1. The summed E-state index contributed by atoms with van der Waals surface area (Å²) in [6.07, 6.45) is -11.3. The first-order chi connectivity index (χ1) is 12.4. The molecule has 27 heavy (non-hydrogen) atoms. The van der Waals surface area contributed by atoms with Crippen molar-refractivity contribution in [2.24, 2.45) is 0 Å². The summed E-state index contributed by atoms with van der Waals surface area (Å²) in [4.78, 5) is 10.8. The Labute approximate surface area is 150 Å². The minimum absolute atomic E-state index is 0.0524. The molecule has 0 heterocycles. The number of rotatable bonds is 4. The normalized spacial score (nSPS) is 12.8. The van der Waals surface area contributed by atoms with Crippen LogP contribution in [0.4, 0.5) is 26.3 Å². The van der Waals surface area contributed by atoms with Gasteiger partial charge >= 0.3 is 12.4 Å². The van der Waals surface area contributed by atoms with Crippen molar-refractivity contribution in [3.05, 3.63) is 53.1 Å². The molecule has 146 valence electrons. The van der Waals surface area contributed by atoms with Crippen LogP contribution >= 0.6 is 0 Å². The van der Waals surface area contributed by atoms with E-state index in [2.05, 4.69) is 0 Å². The molecule has 0 saturated carbocycles. The van der Waals surface area contributed by atoms with Crippen molar-refractivity contribution >= 4 is 6.29 Å². The van der Waals surface area contributed by atoms with Crippen LogP contribution in [0, 0.1) is 6.92 Å². The van der Waals surface area contributed by atoms with E-state index in [-0.39, 0.29) is 16.9 Å². The van der Waals surface area contributed by atoms with Gasteiger partial charge in [-0.25, -0.2) is 0 Å². The molecule has 0 spiro atoms. The van der Waals surface area contributed by atoms with E-state index in [0.29, 0.717) is 29.5 Å². The van der Waals surface area contributed by atoms with Crippen LogP contribution < -0.4 is 4.74 Å². The van der Waals surface area contributed by atoms with E-state index in [1.165, 1.54) is 32.2 Å². The molecular formula is C18H14F6O3. The van der Waals surface area contributed by atoms with Gasteiger partial charge in [-0.1, -0.05) is 24.3 Å². The van der Waals surface area contributed by atoms with Crippen LogP contribution in [0.25, 0.3) is 11.1 Å². The van der Waals surface area contributed by atoms with Crippen molar-refractivity contribution in [1.82, 2.24) is 0 Å². The molecule has 0 radical (unpaired) electrons. The minimum Gasteiger partial charge on any atom is -0.496 e. The average Bonchev–Trinajstić information content (AvgIpc) is 2.58. The van der Waals surface area contributed by atoms with Crippen molar-refractivity contribution in [1.29, 1.82) is 0 Å². The number of alkyl halides is 6. The highest BCUT2D eigenvalue weighted by atomic mass is 19.4. The molecule has 0 aliphatic heterocycles. The first-order valence-electron chi connectivity index (χ1n) is 7.47. The SMILES string of the molecule is COc1cc(C=O)ccc1-c1ccc(C(O)(C(F)(F)F)C(F)(F)F)cc1C. The van der Waals surface area contributed by atoms with Gasteiger partial charge in [0.1, 0.15) is 12.0 Å². The monoisotopic (exact) mass is 392 g/mol. The molecule has 0 aromatic heterocycles. The summed E-state index contributed by atoms with van der Waals surface area (Å²) in [5.74, 6) is 0.220. The van der Waals surface area contributed by atoms with Gasteiger partial charge in [0, 0.05) is 16.7 Å². The maximum absolute atomic E-state index is 13.0. The number of aldehydes is 1. The van der Waals surface area contributed by atoms with Crippen molar-refractivity contribution < 1.29 is 41.0 Å². The van der Waals surface area contributed by atoms with Gasteiger partial charge in [0.2, 0.25) is 0 Å². The van der Waals surface area contributed by atoms with Gasteiger partial charge in [0.25, 0.3) is 5.60 Å². The predicted octanol–water partition coefficient (Wildman–Crippen LogP) is 4.80. The Bertz CT molecular complexity index is 841. The quantitative estimate of drug-likeness (QED) is 0.601. The molecule has 0 saturated heterocycles. The van der Waals surface area contributed by atoms with Crippen LogP contribution in [0.5, 0.6) is 5.75 Å². The fraction of sp³-hybridized carbons (Fsp3) is 0.278. The number of halogens is 6. The van der Waals surface area contributed by atoms with Crippen molar-refractivity contribution in [2.75, 3.05) is 7.11 Å². The molecule has 0 fully saturated rings. The Balaban J connectivity index is 2.64. The smallest absolute Gasteiger partial charge is 0.430 e. The Morgan fingerprint density at radius 2 is 1.48 bits per heavy atom. The van der Waals surface area contributed by atoms with Crippen molar-refractivity contribution in [3.63, 3.8) is 0 Å². The zero-order chi connectivity index (χ0) is 20.6. The summed E-state index contributed by atoms with van der Waals surface area (Å²) >= 11 is 0. The lowest BCUT2D eigenvalue weighted by Crippen LogP contribution is -2.53. The second-order valence-electron chi connectivity index (χ2n) is 5.81. The molecule has 2 aromatic carbocycles. The number of aryl methyl sites for hydroxylation is 1. The highest BCUT2D eigenvalue weighted by Crippen LogP contribution is 2.50. The predicted molar refractivity (Wildman–Crippen MR) is 84.6 cm³/mol. The molecule has 0 aliphatic carbocycles. The largest absolute Gasteiger partial charge is 0.496 e. The molecular weight excluding hydrogens is 378 g/mol. The average molecular weight is 392 g/mol. The Hall–Kier alpha value is -2.55. The third kappa shape index (κ3) is 3.51. The highest BCUT2D eigenvalue weighted by Gasteiger charge is 2.71. The van der Waals surface area contributed by atoms with Crippen LogP contribution in [0.1, 0.15) is 21.5 Å². The summed E-state index contributed by atoms with van der Waals surface area (Å²) in [7, 11) is 1.31. The van der Waals surface area contributed by atoms with E-state index >= 15 is 0 Å². The van der Waals surface area contributed by atoms with Crippen LogP contribution in [-0.2, 0) is 5.60 Å². The lowest BCUT2D eigenvalue weighted by molar-refractivity contribution is -0.376. The van der Waals surface area contributed by atoms with Gasteiger partial charge in [-0.15, -0.1) is 0 Å². The molecule has 0 unspecified atom stereocenters. The van der Waals surface area contributed by atoms with E-state index in [0.717, 1.165) is 6.07 Å². The van der Waals surface area contributed by atoms with E-state index in [9.17, 15) is 36.2 Å². The number of methoxy groups -OCH3 is 1. The van der Waals surface area contributed by atoms with Crippen molar-refractivity contribution in [3.8, 4) is 16.9 Å². The summed E-state index contributed by atoms with van der Waals surface area (Å²) in [5.41, 5.74) is -5.33. The topological polar surface area (TPSA) is 46.5 Å². The van der Waals surface area contributed by atoms with Gasteiger partial charge in [-0.3, -0.25) is 4.79 Å². The molecule has 0 bridgehead atoms. The molecule has 0 amide bonds. The maximum atomic E-state index is 13.0. The van der Waals surface area contributed by atoms with E-state index < -0.39 is 23.5 Å². The molecule has 2 rings (SSSR count). The number of benzene rings is 2. The molecule has 3 nitrogen and oxygen atoms in total. The number of aliphatic hydroxyl groups is 1. The van der Waals surface area contributed by atoms with Crippen LogP contribution in [0.3, 0.4) is 0 Å². The van der Waals surface area contributed by atoms with Crippen LogP contribution in [0.15, 0.2) is 36.4 Å². The first kappa shape index (κ1) is 20.8. The Morgan fingerprint density at radius 1 is 0.926 bits per heavy atom. The van der Waals surface area contributed by atoms with Gasteiger partial charge < -0.3 is 9.84 Å². The molecule has 0 aliphatic rings. The zero-order valence-electron chi connectivity index (χ0n) is 14.1. The lowest BCUT2D eigenvalue weighted by atomic mass is 9.88. The van der Waals surface area contributed by atoms with E-state index in [1.54, 1.807) is 0 Å². The summed E-state index contributed by atoms with van der Waals surface area (Å²) in [6, 6.07) is 6.51. The second kappa shape index (κ2) is 6.88. The fourth-order valence-corrected chi connectivity index (χ4v) is 2.68. The first-order valence-corrected chi connectivity index (χ1v) is 7.47. The van der Waals surface area contributed by atoms with Gasteiger partial charge in [-0.2, -0.15) is 26.3 Å². The zero-order valence-corrected chi connectivity index (χ0v) is 14.1. The summed E-state index contributed by atoms with van der Waals surface area (Å²) in [6.45, 7) is 1.30. The van der Waals surface area contributed by atoms with Crippen molar-refractivity contribution in [2.45, 2.75) is 24.9 Å².